The van der Waals surface area contributed by atoms with Crippen LogP contribution in [0.4, 0.5) is 5.69 Å². The van der Waals surface area contributed by atoms with Crippen LogP contribution in [0.15, 0.2) is 58.6 Å². The summed E-state index contributed by atoms with van der Waals surface area (Å²) in [4.78, 5) is 26.3. The van der Waals surface area contributed by atoms with Gasteiger partial charge in [-0.1, -0.05) is 30.3 Å². The first-order valence-electron chi connectivity index (χ1n) is 6.56. The van der Waals surface area contributed by atoms with E-state index in [9.17, 15) is 14.9 Å². The molecule has 0 aliphatic rings. The molecule has 8 heteroatoms. The second-order valence-electron chi connectivity index (χ2n) is 4.53. The van der Waals surface area contributed by atoms with Crippen molar-refractivity contribution in [3.8, 4) is 11.4 Å². The lowest BCUT2D eigenvalue weighted by molar-refractivity contribution is -0.384. The molecule has 3 rings (SSSR count). The molecule has 0 atom stereocenters. The summed E-state index contributed by atoms with van der Waals surface area (Å²) >= 11 is 1.17. The number of carbonyl (C=O) groups is 1. The molecule has 3 aromatic rings. The molecule has 0 saturated heterocycles. The lowest BCUT2D eigenvalue weighted by Gasteiger charge is -2.01. The van der Waals surface area contributed by atoms with E-state index in [2.05, 4.69) is 15.2 Å². The molecule has 0 radical (unpaired) electrons. The van der Waals surface area contributed by atoms with Crippen LogP contribution in [-0.4, -0.2) is 26.4 Å². The van der Waals surface area contributed by atoms with Gasteiger partial charge in [-0.15, -0.1) is 5.10 Å². The van der Waals surface area contributed by atoms with Gasteiger partial charge in [0.15, 0.2) is 12.1 Å². The van der Waals surface area contributed by atoms with Crippen LogP contribution in [0.5, 0.6) is 0 Å². The van der Waals surface area contributed by atoms with Crippen molar-refractivity contribution < 1.29 is 9.72 Å². The minimum Gasteiger partial charge on any atom is -0.298 e. The maximum Gasteiger partial charge on any atom is 0.270 e. The number of nitrogens with zero attached hydrogens (tertiary/aromatic N) is 3. The van der Waals surface area contributed by atoms with E-state index < -0.39 is 4.92 Å². The molecule has 0 saturated carbocycles. The van der Waals surface area contributed by atoms with Crippen LogP contribution in [-0.2, 0) is 0 Å². The van der Waals surface area contributed by atoms with Gasteiger partial charge in [0.2, 0.25) is 5.16 Å². The quantitative estimate of drug-likeness (QED) is 0.438. The van der Waals surface area contributed by atoms with Gasteiger partial charge in [0.1, 0.15) is 0 Å². The summed E-state index contributed by atoms with van der Waals surface area (Å²) < 4.78 is 0. The second-order valence-corrected chi connectivity index (χ2v) is 5.54. The maximum atomic E-state index is 11.1. The third-order valence-electron chi connectivity index (χ3n) is 3.04. The predicted octanol–water partition coefficient (Wildman–Crippen LogP) is 3.34. The van der Waals surface area contributed by atoms with E-state index in [0.717, 1.165) is 5.56 Å². The van der Waals surface area contributed by atoms with Gasteiger partial charge in [-0.25, -0.2) is 4.98 Å². The van der Waals surface area contributed by atoms with Gasteiger partial charge in [-0.3, -0.25) is 20.0 Å². The van der Waals surface area contributed by atoms with E-state index in [0.29, 0.717) is 22.2 Å². The Bertz CT molecular complexity index is 864. The number of hydrogen-bond acceptors (Lipinski definition) is 6. The van der Waals surface area contributed by atoms with Crippen LogP contribution in [0.3, 0.4) is 0 Å². The first kappa shape index (κ1) is 14.9. The molecule has 2 aromatic carbocycles. The summed E-state index contributed by atoms with van der Waals surface area (Å²) in [6.07, 6.45) is 0.583. The maximum absolute atomic E-state index is 11.1. The Morgan fingerprint density at radius 1 is 1.17 bits per heavy atom. The van der Waals surface area contributed by atoms with Gasteiger partial charge in [-0.05, 0) is 17.8 Å². The Kier molecular flexibility index (Phi) is 4.15. The lowest BCUT2D eigenvalue weighted by atomic mass is 10.2. The van der Waals surface area contributed by atoms with E-state index in [-0.39, 0.29) is 11.3 Å². The van der Waals surface area contributed by atoms with Gasteiger partial charge in [0.25, 0.3) is 5.69 Å². The van der Waals surface area contributed by atoms with Gasteiger partial charge in [-0.2, -0.15) is 0 Å². The first-order chi connectivity index (χ1) is 11.2. The number of aldehydes is 1. The Balaban J connectivity index is 1.87. The summed E-state index contributed by atoms with van der Waals surface area (Å²) in [7, 11) is 0. The van der Waals surface area contributed by atoms with Crippen LogP contribution in [0.25, 0.3) is 11.4 Å². The molecule has 23 heavy (non-hydrogen) atoms. The molecular formula is C15H10N4O3S. The van der Waals surface area contributed by atoms with Gasteiger partial charge in [0, 0.05) is 28.2 Å². The molecule has 0 amide bonds. The number of aromatic amines is 1. The molecule has 0 bridgehead atoms. The number of nitro groups is 1. The minimum atomic E-state index is -0.540. The number of benzene rings is 2. The van der Waals surface area contributed by atoms with Crippen LogP contribution in [0.1, 0.15) is 10.4 Å². The number of nitro benzene ring substituents is 1. The highest BCUT2D eigenvalue weighted by Gasteiger charge is 2.13. The van der Waals surface area contributed by atoms with E-state index in [4.69, 9.17) is 0 Å². The van der Waals surface area contributed by atoms with E-state index in [1.165, 1.54) is 30.0 Å². The average molecular weight is 326 g/mol. The van der Waals surface area contributed by atoms with Crippen molar-refractivity contribution >= 4 is 23.7 Å². The Morgan fingerprint density at radius 3 is 2.65 bits per heavy atom. The molecular weight excluding hydrogens is 316 g/mol. The standard InChI is InChI=1S/C15H10N4O3S/c20-9-11-8-12(19(21)22)6-7-13(11)23-15-16-14(17-18-15)10-4-2-1-3-5-10/h1-9H,(H,16,17,18). The minimum absolute atomic E-state index is 0.128. The van der Waals surface area contributed by atoms with Crippen molar-refractivity contribution in [3.05, 3.63) is 64.2 Å². The number of carbonyl (C=O) groups excluding carboxylic acids is 1. The Hall–Kier alpha value is -3.00. The van der Waals surface area contributed by atoms with E-state index >= 15 is 0 Å². The zero-order valence-electron chi connectivity index (χ0n) is 11.7. The van der Waals surface area contributed by atoms with E-state index in [1.807, 2.05) is 30.3 Å². The number of rotatable bonds is 5. The molecule has 0 unspecified atom stereocenters. The van der Waals surface area contributed by atoms with Crippen molar-refractivity contribution in [2.75, 3.05) is 0 Å². The number of hydrogen-bond donors (Lipinski definition) is 1. The van der Waals surface area contributed by atoms with Crippen molar-refractivity contribution in [1.29, 1.82) is 0 Å². The summed E-state index contributed by atoms with van der Waals surface area (Å²) in [6.45, 7) is 0. The molecule has 114 valence electrons. The molecule has 0 spiro atoms. The van der Waals surface area contributed by atoms with Crippen LogP contribution in [0, 0.1) is 10.1 Å². The summed E-state index contributed by atoms with van der Waals surface area (Å²) in [5, 5.41) is 18.1. The highest BCUT2D eigenvalue weighted by Crippen LogP contribution is 2.30. The van der Waals surface area contributed by atoms with Crippen LogP contribution >= 0.6 is 11.8 Å². The van der Waals surface area contributed by atoms with Crippen molar-refractivity contribution in [2.24, 2.45) is 0 Å². The third kappa shape index (κ3) is 3.27. The smallest absolute Gasteiger partial charge is 0.270 e. The average Bonchev–Trinajstić information content (AvgIpc) is 3.04. The molecule has 1 N–H and O–H groups in total. The number of non-ortho nitro benzene ring substituents is 1. The largest absolute Gasteiger partial charge is 0.298 e. The lowest BCUT2D eigenvalue weighted by Crippen LogP contribution is -1.92. The molecule has 0 aliphatic heterocycles. The Labute approximate surface area is 134 Å². The zero-order valence-corrected chi connectivity index (χ0v) is 12.5. The van der Waals surface area contributed by atoms with Crippen molar-refractivity contribution in [3.63, 3.8) is 0 Å². The number of aromatic nitrogens is 3. The zero-order chi connectivity index (χ0) is 16.2. The first-order valence-corrected chi connectivity index (χ1v) is 7.38. The SMILES string of the molecule is O=Cc1cc([N+](=O)[O-])ccc1Sc1n[nH]c(-c2ccccc2)n1. The van der Waals surface area contributed by atoms with Gasteiger partial charge in [0.05, 0.1) is 4.92 Å². The molecule has 1 heterocycles. The fraction of sp³-hybridized carbons (Fsp3) is 0. The second kappa shape index (κ2) is 6.41. The number of H-pyrrole nitrogens is 1. The summed E-state index contributed by atoms with van der Waals surface area (Å²) in [6, 6.07) is 13.6. The van der Waals surface area contributed by atoms with E-state index in [1.54, 1.807) is 0 Å². The normalized spacial score (nSPS) is 10.4. The molecule has 7 nitrogen and oxygen atoms in total. The topological polar surface area (TPSA) is 102 Å². The highest BCUT2D eigenvalue weighted by molar-refractivity contribution is 7.99. The fourth-order valence-corrected chi connectivity index (χ4v) is 2.74. The third-order valence-corrected chi connectivity index (χ3v) is 4.00. The predicted molar refractivity (Wildman–Crippen MR) is 84.4 cm³/mol. The number of nitrogens with one attached hydrogen (secondary N) is 1. The Morgan fingerprint density at radius 2 is 1.96 bits per heavy atom. The van der Waals surface area contributed by atoms with Gasteiger partial charge < -0.3 is 0 Å². The molecule has 0 fully saturated rings. The highest BCUT2D eigenvalue weighted by atomic mass is 32.2. The van der Waals surface area contributed by atoms with Gasteiger partial charge >= 0.3 is 0 Å². The van der Waals surface area contributed by atoms with Crippen LogP contribution < -0.4 is 0 Å². The van der Waals surface area contributed by atoms with Crippen LogP contribution in [0.2, 0.25) is 0 Å². The van der Waals surface area contributed by atoms with Crippen molar-refractivity contribution in [1.82, 2.24) is 15.2 Å². The molecule has 0 aliphatic carbocycles. The molecule has 1 aromatic heterocycles. The monoisotopic (exact) mass is 326 g/mol. The fourth-order valence-electron chi connectivity index (χ4n) is 1.95. The summed E-state index contributed by atoms with van der Waals surface area (Å²) in [5.74, 6) is 0.614. The van der Waals surface area contributed by atoms with Crippen molar-refractivity contribution in [2.45, 2.75) is 10.1 Å². The summed E-state index contributed by atoms with van der Waals surface area (Å²) in [5.41, 5.74) is 0.998.